The maximum atomic E-state index is 12.3. The Kier molecular flexibility index (Phi) is 4.99. The largest absolute Gasteiger partial charge is 0.350 e. The molecule has 0 fully saturated rings. The maximum absolute atomic E-state index is 12.3. The quantitative estimate of drug-likeness (QED) is 0.751. The average molecular weight is 334 g/mol. The van der Waals surface area contributed by atoms with Crippen LogP contribution in [0.2, 0.25) is 0 Å². The van der Waals surface area contributed by atoms with Gasteiger partial charge in [0.1, 0.15) is 11.5 Å². The lowest BCUT2D eigenvalue weighted by Gasteiger charge is -2.08. The van der Waals surface area contributed by atoms with Crippen molar-refractivity contribution in [2.75, 3.05) is 11.9 Å². The van der Waals surface area contributed by atoms with Crippen LogP contribution in [0, 0.1) is 6.92 Å². The number of hydrogen-bond acceptors (Lipinski definition) is 4. The summed E-state index contributed by atoms with van der Waals surface area (Å²) in [6.45, 7) is 2.08. The second-order valence-corrected chi connectivity index (χ2v) is 5.60. The van der Waals surface area contributed by atoms with E-state index in [1.165, 1.54) is 0 Å². The second kappa shape index (κ2) is 7.53. The molecule has 0 aliphatic carbocycles. The van der Waals surface area contributed by atoms with Gasteiger partial charge in [-0.3, -0.25) is 14.6 Å². The van der Waals surface area contributed by atoms with Crippen LogP contribution in [0.15, 0.2) is 54.7 Å². The van der Waals surface area contributed by atoms with E-state index >= 15 is 0 Å². The van der Waals surface area contributed by atoms with E-state index in [0.717, 1.165) is 16.5 Å². The molecule has 2 heterocycles. The molecule has 6 nitrogen and oxygen atoms in total. The lowest BCUT2D eigenvalue weighted by molar-refractivity contribution is -0.116. The molecule has 0 radical (unpaired) electrons. The molecular weight excluding hydrogens is 316 g/mol. The summed E-state index contributed by atoms with van der Waals surface area (Å²) in [5, 5.41) is 7.18. The van der Waals surface area contributed by atoms with Gasteiger partial charge in [0.2, 0.25) is 5.91 Å². The molecule has 1 aromatic carbocycles. The van der Waals surface area contributed by atoms with Crippen molar-refractivity contribution >= 4 is 28.4 Å². The Morgan fingerprint density at radius 2 is 1.88 bits per heavy atom. The molecule has 25 heavy (non-hydrogen) atoms. The van der Waals surface area contributed by atoms with Gasteiger partial charge in [0.15, 0.2) is 0 Å². The zero-order chi connectivity index (χ0) is 17.6. The van der Waals surface area contributed by atoms with E-state index in [1.54, 1.807) is 12.3 Å². The number of carbonyl (C=O) groups is 2. The smallest absolute Gasteiger partial charge is 0.270 e. The molecule has 2 N–H and O–H groups in total. The molecule has 0 saturated carbocycles. The number of carbonyl (C=O) groups excluding carboxylic acids is 2. The fourth-order valence-electron chi connectivity index (χ4n) is 2.49. The van der Waals surface area contributed by atoms with E-state index in [4.69, 9.17) is 0 Å². The summed E-state index contributed by atoms with van der Waals surface area (Å²) in [5.41, 5.74) is 1.19. The van der Waals surface area contributed by atoms with Crippen molar-refractivity contribution in [3.63, 3.8) is 0 Å². The third-order valence-corrected chi connectivity index (χ3v) is 3.68. The van der Waals surface area contributed by atoms with Crippen LogP contribution < -0.4 is 10.6 Å². The molecule has 0 aliphatic heterocycles. The Bertz CT molecular complexity index is 919. The molecule has 2 aromatic heterocycles. The van der Waals surface area contributed by atoms with Crippen LogP contribution in [-0.4, -0.2) is 28.3 Å². The van der Waals surface area contributed by atoms with Gasteiger partial charge in [-0.15, -0.1) is 0 Å². The first-order valence-electron chi connectivity index (χ1n) is 7.99. The Labute approximate surface area is 145 Å². The highest BCUT2D eigenvalue weighted by Crippen LogP contribution is 2.16. The number of anilines is 1. The van der Waals surface area contributed by atoms with Crippen molar-refractivity contribution in [2.45, 2.75) is 13.3 Å². The van der Waals surface area contributed by atoms with E-state index < -0.39 is 0 Å². The van der Waals surface area contributed by atoms with Crippen molar-refractivity contribution in [2.24, 2.45) is 0 Å². The molecule has 6 heteroatoms. The van der Waals surface area contributed by atoms with Crippen LogP contribution in [0.25, 0.3) is 10.8 Å². The van der Waals surface area contributed by atoms with Crippen molar-refractivity contribution in [1.29, 1.82) is 0 Å². The Hall–Kier alpha value is -3.28. The zero-order valence-electron chi connectivity index (χ0n) is 13.8. The highest BCUT2D eigenvalue weighted by molar-refractivity contribution is 6.05. The first-order chi connectivity index (χ1) is 12.1. The third kappa shape index (κ3) is 4.17. The summed E-state index contributed by atoms with van der Waals surface area (Å²) in [5.74, 6) is 0.00889. The van der Waals surface area contributed by atoms with E-state index in [1.807, 2.05) is 49.4 Å². The summed E-state index contributed by atoms with van der Waals surface area (Å²) in [4.78, 5) is 32.6. The lowest BCUT2D eigenvalue weighted by Crippen LogP contribution is -2.28. The monoisotopic (exact) mass is 334 g/mol. The minimum atomic E-state index is -0.293. The normalized spacial score (nSPS) is 10.4. The summed E-state index contributed by atoms with van der Waals surface area (Å²) in [6.07, 6.45) is 1.76. The number of hydrogen-bond donors (Lipinski definition) is 2. The van der Waals surface area contributed by atoms with Crippen LogP contribution in [-0.2, 0) is 4.79 Å². The number of aryl methyl sites for hydroxylation is 1. The summed E-state index contributed by atoms with van der Waals surface area (Å²) in [7, 11) is 0. The number of aromatic nitrogens is 2. The molecule has 3 aromatic rings. The summed E-state index contributed by atoms with van der Waals surface area (Å²) in [6, 6.07) is 14.8. The van der Waals surface area contributed by atoms with Gasteiger partial charge in [0.05, 0.1) is 0 Å². The molecular formula is C19H18N4O2. The topological polar surface area (TPSA) is 84.0 Å². The first-order valence-corrected chi connectivity index (χ1v) is 7.99. The van der Waals surface area contributed by atoms with E-state index in [2.05, 4.69) is 20.6 Å². The standard InChI is InChI=1S/C19H18N4O2/c1-13-5-4-8-16(22-13)23-17(24)10-12-21-19(25)18-15-7-3-2-6-14(15)9-11-20-18/h2-9,11H,10,12H2,1H3,(H,21,25)(H,22,23,24). The van der Waals surface area contributed by atoms with Crippen LogP contribution in [0.4, 0.5) is 5.82 Å². The van der Waals surface area contributed by atoms with Crippen molar-refractivity contribution in [3.05, 3.63) is 66.1 Å². The highest BCUT2D eigenvalue weighted by atomic mass is 16.2. The van der Waals surface area contributed by atoms with Gasteiger partial charge in [0, 0.05) is 30.2 Å². The molecule has 0 bridgehead atoms. The Morgan fingerprint density at radius 1 is 1.04 bits per heavy atom. The summed E-state index contributed by atoms with van der Waals surface area (Å²) >= 11 is 0. The van der Waals surface area contributed by atoms with Crippen LogP contribution in [0.5, 0.6) is 0 Å². The van der Waals surface area contributed by atoms with E-state index in [-0.39, 0.29) is 24.8 Å². The van der Waals surface area contributed by atoms with E-state index in [0.29, 0.717) is 11.5 Å². The van der Waals surface area contributed by atoms with Gasteiger partial charge >= 0.3 is 0 Å². The van der Waals surface area contributed by atoms with Gasteiger partial charge < -0.3 is 10.6 Å². The first kappa shape index (κ1) is 16.6. The number of rotatable bonds is 5. The summed E-state index contributed by atoms with van der Waals surface area (Å²) < 4.78 is 0. The maximum Gasteiger partial charge on any atom is 0.270 e. The molecule has 0 unspecified atom stereocenters. The number of fused-ring (bicyclic) bond motifs is 1. The molecule has 0 aliphatic rings. The predicted molar refractivity (Wildman–Crippen MR) is 96.3 cm³/mol. The lowest BCUT2D eigenvalue weighted by atomic mass is 10.1. The van der Waals surface area contributed by atoms with Crippen molar-refractivity contribution < 1.29 is 9.59 Å². The van der Waals surface area contributed by atoms with Crippen LogP contribution in [0.1, 0.15) is 22.6 Å². The third-order valence-electron chi connectivity index (χ3n) is 3.68. The van der Waals surface area contributed by atoms with Gasteiger partial charge in [-0.1, -0.05) is 30.3 Å². The van der Waals surface area contributed by atoms with Crippen molar-refractivity contribution in [1.82, 2.24) is 15.3 Å². The van der Waals surface area contributed by atoms with Crippen LogP contribution in [0.3, 0.4) is 0 Å². The molecule has 0 spiro atoms. The average Bonchev–Trinajstić information content (AvgIpc) is 2.61. The Morgan fingerprint density at radius 3 is 2.72 bits per heavy atom. The number of nitrogens with zero attached hydrogens (tertiary/aromatic N) is 2. The SMILES string of the molecule is Cc1cccc(NC(=O)CCNC(=O)c2nccc3ccccc23)n1. The fourth-order valence-corrected chi connectivity index (χ4v) is 2.49. The van der Waals surface area contributed by atoms with Gasteiger partial charge in [-0.05, 0) is 30.5 Å². The number of amides is 2. The fraction of sp³-hybridized carbons (Fsp3) is 0.158. The molecule has 2 amide bonds. The molecule has 3 rings (SSSR count). The number of pyridine rings is 2. The molecule has 0 atom stereocenters. The number of benzene rings is 1. The molecule has 0 saturated heterocycles. The van der Waals surface area contributed by atoms with Gasteiger partial charge in [-0.2, -0.15) is 0 Å². The predicted octanol–water partition coefficient (Wildman–Crippen LogP) is 2.70. The minimum Gasteiger partial charge on any atom is -0.350 e. The van der Waals surface area contributed by atoms with Crippen LogP contribution >= 0.6 is 0 Å². The zero-order valence-corrected chi connectivity index (χ0v) is 13.8. The number of nitrogens with one attached hydrogen (secondary N) is 2. The minimum absolute atomic E-state index is 0.159. The molecule has 126 valence electrons. The Balaban J connectivity index is 1.56. The van der Waals surface area contributed by atoms with E-state index in [9.17, 15) is 9.59 Å². The van der Waals surface area contributed by atoms with Crippen molar-refractivity contribution in [3.8, 4) is 0 Å². The van der Waals surface area contributed by atoms with Gasteiger partial charge in [-0.25, -0.2) is 4.98 Å². The van der Waals surface area contributed by atoms with Gasteiger partial charge in [0.25, 0.3) is 5.91 Å². The second-order valence-electron chi connectivity index (χ2n) is 5.60. The highest BCUT2D eigenvalue weighted by Gasteiger charge is 2.11.